The van der Waals surface area contributed by atoms with E-state index in [0.29, 0.717) is 0 Å². The van der Waals surface area contributed by atoms with Gasteiger partial charge >= 0.3 is 0 Å². The summed E-state index contributed by atoms with van der Waals surface area (Å²) in [7, 11) is 1.68. The van der Waals surface area contributed by atoms with E-state index in [0.717, 1.165) is 12.8 Å². The maximum absolute atomic E-state index is 11.2. The zero-order valence-corrected chi connectivity index (χ0v) is 6.96. The van der Waals surface area contributed by atoms with E-state index in [1.165, 1.54) is 11.8 Å². The molecule has 1 aliphatic rings. The van der Waals surface area contributed by atoms with Crippen LogP contribution in [0.5, 0.6) is 0 Å². The number of hydrogen-bond acceptors (Lipinski definition) is 2. The molecule has 0 aromatic carbocycles. The molecule has 0 unspecified atom stereocenters. The van der Waals surface area contributed by atoms with E-state index in [1.807, 2.05) is 0 Å². The van der Waals surface area contributed by atoms with Crippen LogP contribution in [-0.2, 0) is 9.59 Å². The first-order valence-electron chi connectivity index (χ1n) is 3.85. The first-order chi connectivity index (χ1) is 5.11. The van der Waals surface area contributed by atoms with Gasteiger partial charge in [-0.25, -0.2) is 0 Å². The number of amides is 1. The number of carbonyl (C=O) groups is 2. The predicted molar refractivity (Wildman–Crippen MR) is 41.0 cm³/mol. The van der Waals surface area contributed by atoms with Gasteiger partial charge in [-0.05, 0) is 19.8 Å². The van der Waals surface area contributed by atoms with Gasteiger partial charge in [-0.1, -0.05) is 0 Å². The van der Waals surface area contributed by atoms with Crippen LogP contribution in [0.1, 0.15) is 19.8 Å². The molecule has 0 atom stereocenters. The maximum Gasteiger partial charge on any atom is 0.225 e. The summed E-state index contributed by atoms with van der Waals surface area (Å²) in [4.78, 5) is 23.3. The number of Topliss-reactive ketones (excluding diaryl/α,β-unsaturated/α-hetero) is 1. The standard InChI is InChI=1S/C8H13NO2/c1-6(10)5-9(2)8(11)7-3-4-7/h7H,3-5H2,1-2H3. The van der Waals surface area contributed by atoms with Crippen LogP contribution < -0.4 is 0 Å². The molecule has 0 heterocycles. The Balaban J connectivity index is 2.33. The van der Waals surface area contributed by atoms with E-state index in [9.17, 15) is 9.59 Å². The summed E-state index contributed by atoms with van der Waals surface area (Å²) in [6, 6.07) is 0. The van der Waals surface area contributed by atoms with Crippen molar-refractivity contribution in [3.63, 3.8) is 0 Å². The Morgan fingerprint density at radius 3 is 2.36 bits per heavy atom. The average Bonchev–Trinajstić information content (AvgIpc) is 2.65. The van der Waals surface area contributed by atoms with Crippen LogP contribution in [0.4, 0.5) is 0 Å². The molecule has 0 aliphatic heterocycles. The smallest absolute Gasteiger partial charge is 0.225 e. The summed E-state index contributed by atoms with van der Waals surface area (Å²) in [5, 5.41) is 0. The molecule has 1 rings (SSSR count). The SMILES string of the molecule is CC(=O)CN(C)C(=O)C1CC1. The number of rotatable bonds is 3. The topological polar surface area (TPSA) is 37.4 Å². The third-order valence-corrected chi connectivity index (χ3v) is 1.76. The minimum atomic E-state index is 0.0431. The van der Waals surface area contributed by atoms with E-state index < -0.39 is 0 Å². The van der Waals surface area contributed by atoms with Gasteiger partial charge in [-0.3, -0.25) is 9.59 Å². The van der Waals surface area contributed by atoms with E-state index in [4.69, 9.17) is 0 Å². The van der Waals surface area contributed by atoms with Crippen molar-refractivity contribution in [1.82, 2.24) is 4.90 Å². The number of likely N-dealkylation sites (N-methyl/N-ethyl adjacent to an activating group) is 1. The van der Waals surface area contributed by atoms with Crippen LogP contribution >= 0.6 is 0 Å². The Kier molecular flexibility index (Phi) is 2.27. The number of hydrogen-bond donors (Lipinski definition) is 0. The van der Waals surface area contributed by atoms with Crippen molar-refractivity contribution in [1.29, 1.82) is 0 Å². The summed E-state index contributed by atoms with van der Waals surface area (Å²) in [5.74, 6) is 0.390. The molecule has 0 aromatic heterocycles. The van der Waals surface area contributed by atoms with Crippen LogP contribution in [-0.4, -0.2) is 30.2 Å². The van der Waals surface area contributed by atoms with E-state index in [-0.39, 0.29) is 24.2 Å². The molecule has 0 aromatic rings. The van der Waals surface area contributed by atoms with Gasteiger partial charge in [0.1, 0.15) is 5.78 Å². The Morgan fingerprint density at radius 1 is 1.45 bits per heavy atom. The van der Waals surface area contributed by atoms with E-state index >= 15 is 0 Å². The predicted octanol–water partition coefficient (Wildman–Crippen LogP) is 0.444. The van der Waals surface area contributed by atoms with Gasteiger partial charge in [0.05, 0.1) is 6.54 Å². The summed E-state index contributed by atoms with van der Waals surface area (Å²) in [6.07, 6.45) is 2.00. The Labute approximate surface area is 66.4 Å². The highest BCUT2D eigenvalue weighted by Gasteiger charge is 2.32. The quantitative estimate of drug-likeness (QED) is 0.593. The molecule has 1 fully saturated rings. The molecule has 0 N–H and O–H groups in total. The number of ketones is 1. The minimum Gasteiger partial charge on any atom is -0.338 e. The molecule has 11 heavy (non-hydrogen) atoms. The molecule has 1 saturated carbocycles. The first-order valence-corrected chi connectivity index (χ1v) is 3.85. The van der Waals surface area contributed by atoms with Gasteiger partial charge in [0.2, 0.25) is 5.91 Å². The molecular weight excluding hydrogens is 142 g/mol. The number of nitrogens with zero attached hydrogens (tertiary/aromatic N) is 1. The fraction of sp³-hybridized carbons (Fsp3) is 0.750. The van der Waals surface area contributed by atoms with Crippen molar-refractivity contribution in [2.24, 2.45) is 5.92 Å². The van der Waals surface area contributed by atoms with Crippen LogP contribution in [0.25, 0.3) is 0 Å². The Hall–Kier alpha value is -0.860. The highest BCUT2D eigenvalue weighted by molar-refractivity contribution is 5.86. The number of carbonyl (C=O) groups excluding carboxylic acids is 2. The average molecular weight is 155 g/mol. The van der Waals surface area contributed by atoms with Gasteiger partial charge in [-0.15, -0.1) is 0 Å². The normalized spacial score (nSPS) is 16.2. The third-order valence-electron chi connectivity index (χ3n) is 1.76. The second-order valence-electron chi connectivity index (χ2n) is 3.17. The highest BCUT2D eigenvalue weighted by Crippen LogP contribution is 2.30. The lowest BCUT2D eigenvalue weighted by Gasteiger charge is -2.14. The second kappa shape index (κ2) is 3.03. The lowest BCUT2D eigenvalue weighted by Crippen LogP contribution is -2.32. The molecule has 0 saturated heterocycles. The van der Waals surface area contributed by atoms with Crippen molar-refractivity contribution in [3.05, 3.63) is 0 Å². The summed E-state index contributed by atoms with van der Waals surface area (Å²) in [5.41, 5.74) is 0. The van der Waals surface area contributed by atoms with Gasteiger partial charge in [0.15, 0.2) is 0 Å². The minimum absolute atomic E-state index is 0.0431. The van der Waals surface area contributed by atoms with Gasteiger partial charge in [0.25, 0.3) is 0 Å². The van der Waals surface area contributed by atoms with Crippen LogP contribution in [0, 0.1) is 5.92 Å². The zero-order valence-electron chi connectivity index (χ0n) is 6.96. The molecule has 0 spiro atoms. The molecule has 0 radical (unpaired) electrons. The summed E-state index contributed by atoms with van der Waals surface area (Å²) in [6.45, 7) is 1.76. The van der Waals surface area contributed by atoms with Crippen molar-refractivity contribution in [2.75, 3.05) is 13.6 Å². The lowest BCUT2D eigenvalue weighted by atomic mass is 10.3. The van der Waals surface area contributed by atoms with Crippen LogP contribution in [0.3, 0.4) is 0 Å². The fourth-order valence-corrected chi connectivity index (χ4v) is 1.05. The first kappa shape index (κ1) is 8.24. The molecular formula is C8H13NO2. The summed E-state index contributed by atoms with van der Waals surface area (Å²) >= 11 is 0. The van der Waals surface area contributed by atoms with Crippen molar-refractivity contribution < 1.29 is 9.59 Å². The molecule has 0 bridgehead atoms. The Morgan fingerprint density at radius 2 is 2.00 bits per heavy atom. The lowest BCUT2D eigenvalue weighted by molar-refractivity contribution is -0.134. The van der Waals surface area contributed by atoms with E-state index in [1.54, 1.807) is 7.05 Å². The Bertz CT molecular complexity index is 185. The van der Waals surface area contributed by atoms with E-state index in [2.05, 4.69) is 0 Å². The molecule has 1 amide bonds. The zero-order chi connectivity index (χ0) is 8.43. The fourth-order valence-electron chi connectivity index (χ4n) is 1.05. The van der Waals surface area contributed by atoms with Gasteiger partial charge in [0, 0.05) is 13.0 Å². The maximum atomic E-state index is 11.2. The monoisotopic (exact) mass is 155 g/mol. The molecule has 62 valence electrons. The largest absolute Gasteiger partial charge is 0.338 e. The van der Waals surface area contributed by atoms with Crippen molar-refractivity contribution in [3.8, 4) is 0 Å². The highest BCUT2D eigenvalue weighted by atomic mass is 16.2. The third kappa shape index (κ3) is 2.33. The second-order valence-corrected chi connectivity index (χ2v) is 3.17. The van der Waals surface area contributed by atoms with Crippen molar-refractivity contribution >= 4 is 11.7 Å². The van der Waals surface area contributed by atoms with Gasteiger partial charge in [-0.2, -0.15) is 0 Å². The molecule has 3 heteroatoms. The molecule has 1 aliphatic carbocycles. The molecule has 3 nitrogen and oxygen atoms in total. The van der Waals surface area contributed by atoms with Crippen molar-refractivity contribution in [2.45, 2.75) is 19.8 Å². The van der Waals surface area contributed by atoms with Crippen LogP contribution in [0.15, 0.2) is 0 Å². The van der Waals surface area contributed by atoms with Crippen LogP contribution in [0.2, 0.25) is 0 Å². The summed E-state index contributed by atoms with van der Waals surface area (Å²) < 4.78 is 0. The van der Waals surface area contributed by atoms with Gasteiger partial charge < -0.3 is 4.90 Å².